The lowest BCUT2D eigenvalue weighted by molar-refractivity contribution is 0.0303. The molecule has 1 N–H and O–H groups in total. The minimum Gasteiger partial charge on any atom is -0.378 e. The summed E-state index contributed by atoms with van der Waals surface area (Å²) in [4.78, 5) is 27.2. The van der Waals surface area contributed by atoms with Crippen LogP contribution >= 0.6 is 0 Å². The van der Waals surface area contributed by atoms with E-state index in [1.807, 2.05) is 42.1 Å². The highest BCUT2D eigenvalue weighted by Crippen LogP contribution is 2.22. The first-order valence-corrected chi connectivity index (χ1v) is 8.96. The number of hydrogen-bond donors (Lipinski definition) is 1. The van der Waals surface area contributed by atoms with Crippen molar-refractivity contribution in [2.45, 2.75) is 0 Å². The van der Waals surface area contributed by atoms with Gasteiger partial charge in [-0.25, -0.2) is 0 Å². The molecule has 6 nitrogen and oxygen atoms in total. The van der Waals surface area contributed by atoms with Gasteiger partial charge in [-0.15, -0.1) is 0 Å². The van der Waals surface area contributed by atoms with Gasteiger partial charge in [0.1, 0.15) is 0 Å². The maximum atomic E-state index is 12.8. The number of carbonyl (C=O) groups is 2. The minimum atomic E-state index is -0.192. The number of morpholine rings is 1. The predicted molar refractivity (Wildman–Crippen MR) is 104 cm³/mol. The van der Waals surface area contributed by atoms with Crippen LogP contribution in [0.2, 0.25) is 0 Å². The first kappa shape index (κ1) is 17.3. The zero-order valence-corrected chi connectivity index (χ0v) is 15.1. The largest absolute Gasteiger partial charge is 0.378 e. The van der Waals surface area contributed by atoms with E-state index in [4.69, 9.17) is 4.74 Å². The summed E-state index contributed by atoms with van der Waals surface area (Å²) in [6, 6.07) is 14.8. The van der Waals surface area contributed by atoms with Crippen LogP contribution in [0, 0.1) is 0 Å². The van der Waals surface area contributed by atoms with Crippen molar-refractivity contribution in [3.63, 3.8) is 0 Å². The lowest BCUT2D eigenvalue weighted by Gasteiger charge is -2.27. The SMILES string of the molecule is Cn1cc(C(=O)Nc2cccc(C(=O)N3CCOCC3)c2)c2ccccc21. The van der Waals surface area contributed by atoms with E-state index < -0.39 is 0 Å². The Hall–Kier alpha value is -3.12. The molecule has 0 unspecified atom stereocenters. The van der Waals surface area contributed by atoms with E-state index in [0.29, 0.717) is 43.1 Å². The molecule has 1 saturated heterocycles. The highest BCUT2D eigenvalue weighted by Gasteiger charge is 2.19. The van der Waals surface area contributed by atoms with Crippen molar-refractivity contribution in [3.8, 4) is 0 Å². The first-order valence-electron chi connectivity index (χ1n) is 8.96. The zero-order valence-electron chi connectivity index (χ0n) is 15.1. The van der Waals surface area contributed by atoms with E-state index in [2.05, 4.69) is 5.32 Å². The molecule has 2 heterocycles. The van der Waals surface area contributed by atoms with Crippen LogP contribution in [0.25, 0.3) is 10.9 Å². The van der Waals surface area contributed by atoms with E-state index in [0.717, 1.165) is 10.9 Å². The molecule has 0 spiro atoms. The second kappa shape index (κ2) is 7.25. The number of para-hydroxylation sites is 1. The van der Waals surface area contributed by atoms with Crippen LogP contribution in [0.4, 0.5) is 5.69 Å². The molecule has 0 bridgehead atoms. The van der Waals surface area contributed by atoms with Gasteiger partial charge in [0.05, 0.1) is 18.8 Å². The van der Waals surface area contributed by atoms with Crippen molar-refractivity contribution in [1.29, 1.82) is 0 Å². The molecule has 4 rings (SSSR count). The van der Waals surface area contributed by atoms with Crippen LogP contribution in [0.1, 0.15) is 20.7 Å². The molecule has 1 aromatic heterocycles. The Morgan fingerprint density at radius 1 is 1.04 bits per heavy atom. The predicted octanol–water partition coefficient (Wildman–Crippen LogP) is 2.90. The van der Waals surface area contributed by atoms with Gasteiger partial charge in [-0.05, 0) is 24.3 Å². The Balaban J connectivity index is 1.55. The number of fused-ring (bicyclic) bond motifs is 1. The molecule has 27 heavy (non-hydrogen) atoms. The van der Waals surface area contributed by atoms with Crippen LogP contribution in [0.5, 0.6) is 0 Å². The van der Waals surface area contributed by atoms with Gasteiger partial charge in [0, 0.05) is 48.5 Å². The summed E-state index contributed by atoms with van der Waals surface area (Å²) in [6.45, 7) is 2.29. The fourth-order valence-corrected chi connectivity index (χ4v) is 3.40. The van der Waals surface area contributed by atoms with Gasteiger partial charge in [-0.2, -0.15) is 0 Å². The fourth-order valence-electron chi connectivity index (χ4n) is 3.40. The number of aromatic nitrogens is 1. The fraction of sp³-hybridized carbons (Fsp3) is 0.238. The molecule has 2 amide bonds. The second-order valence-corrected chi connectivity index (χ2v) is 6.61. The number of ether oxygens (including phenoxy) is 1. The Bertz CT molecular complexity index is 1000. The molecule has 3 aromatic rings. The summed E-state index contributed by atoms with van der Waals surface area (Å²) >= 11 is 0. The third kappa shape index (κ3) is 3.44. The molecule has 1 fully saturated rings. The molecule has 0 radical (unpaired) electrons. The summed E-state index contributed by atoms with van der Waals surface area (Å²) in [5.41, 5.74) is 2.77. The number of hydrogen-bond acceptors (Lipinski definition) is 3. The number of aryl methyl sites for hydroxylation is 1. The quantitative estimate of drug-likeness (QED) is 0.778. The number of benzene rings is 2. The normalized spacial score (nSPS) is 14.3. The molecule has 0 saturated carbocycles. The molecule has 0 aliphatic carbocycles. The van der Waals surface area contributed by atoms with Crippen LogP contribution in [-0.4, -0.2) is 47.6 Å². The second-order valence-electron chi connectivity index (χ2n) is 6.61. The molecule has 138 valence electrons. The topological polar surface area (TPSA) is 63.6 Å². The Kier molecular flexibility index (Phi) is 4.64. The van der Waals surface area contributed by atoms with E-state index in [1.54, 1.807) is 29.2 Å². The third-order valence-electron chi connectivity index (χ3n) is 4.81. The van der Waals surface area contributed by atoms with Crippen LogP contribution in [0.3, 0.4) is 0 Å². The Morgan fingerprint density at radius 2 is 1.81 bits per heavy atom. The van der Waals surface area contributed by atoms with Crippen molar-refractivity contribution < 1.29 is 14.3 Å². The average Bonchev–Trinajstić information content (AvgIpc) is 3.05. The van der Waals surface area contributed by atoms with Crippen molar-refractivity contribution >= 4 is 28.4 Å². The standard InChI is InChI=1S/C21H21N3O3/c1-23-14-18(17-7-2-3-8-19(17)23)20(25)22-16-6-4-5-15(13-16)21(26)24-9-11-27-12-10-24/h2-8,13-14H,9-12H2,1H3,(H,22,25). The van der Waals surface area contributed by atoms with Gasteiger partial charge >= 0.3 is 0 Å². The minimum absolute atomic E-state index is 0.0421. The number of rotatable bonds is 3. The first-order chi connectivity index (χ1) is 13.1. The maximum absolute atomic E-state index is 12.8. The van der Waals surface area contributed by atoms with E-state index in [9.17, 15) is 9.59 Å². The molecule has 1 aliphatic rings. The highest BCUT2D eigenvalue weighted by molar-refractivity contribution is 6.13. The average molecular weight is 363 g/mol. The van der Waals surface area contributed by atoms with E-state index in [1.165, 1.54) is 0 Å². The van der Waals surface area contributed by atoms with Gasteiger partial charge in [-0.1, -0.05) is 24.3 Å². The number of nitrogens with one attached hydrogen (secondary N) is 1. The molecule has 2 aromatic carbocycles. The van der Waals surface area contributed by atoms with Crippen LogP contribution in [0.15, 0.2) is 54.7 Å². The number of anilines is 1. The molecule has 6 heteroatoms. The lowest BCUT2D eigenvalue weighted by atomic mass is 10.1. The van der Waals surface area contributed by atoms with Gasteiger partial charge in [-0.3, -0.25) is 9.59 Å². The van der Waals surface area contributed by atoms with Crippen molar-refractivity contribution in [2.24, 2.45) is 7.05 Å². The number of amides is 2. The van der Waals surface area contributed by atoms with Crippen LogP contribution < -0.4 is 5.32 Å². The summed E-state index contributed by atoms with van der Waals surface area (Å²) in [7, 11) is 1.92. The summed E-state index contributed by atoms with van der Waals surface area (Å²) in [5, 5.41) is 3.82. The van der Waals surface area contributed by atoms with E-state index in [-0.39, 0.29) is 11.8 Å². The van der Waals surface area contributed by atoms with Crippen molar-refractivity contribution in [3.05, 3.63) is 65.9 Å². The van der Waals surface area contributed by atoms with Gasteiger partial charge in [0.25, 0.3) is 11.8 Å². The van der Waals surface area contributed by atoms with E-state index >= 15 is 0 Å². The van der Waals surface area contributed by atoms with Crippen molar-refractivity contribution in [1.82, 2.24) is 9.47 Å². The monoisotopic (exact) mass is 363 g/mol. The van der Waals surface area contributed by atoms with Gasteiger partial charge in [0.15, 0.2) is 0 Å². The smallest absolute Gasteiger partial charge is 0.257 e. The zero-order chi connectivity index (χ0) is 18.8. The number of carbonyl (C=O) groups excluding carboxylic acids is 2. The van der Waals surface area contributed by atoms with Gasteiger partial charge < -0.3 is 19.5 Å². The molecule has 0 atom stereocenters. The third-order valence-corrected chi connectivity index (χ3v) is 4.81. The van der Waals surface area contributed by atoms with Gasteiger partial charge in [0.2, 0.25) is 0 Å². The van der Waals surface area contributed by atoms with Crippen molar-refractivity contribution in [2.75, 3.05) is 31.6 Å². The Labute approximate surface area is 157 Å². The lowest BCUT2D eigenvalue weighted by Crippen LogP contribution is -2.40. The number of nitrogens with zero attached hydrogens (tertiary/aromatic N) is 2. The summed E-state index contributed by atoms with van der Waals surface area (Å²) in [5.74, 6) is -0.234. The summed E-state index contributed by atoms with van der Waals surface area (Å²) < 4.78 is 7.23. The highest BCUT2D eigenvalue weighted by atomic mass is 16.5. The maximum Gasteiger partial charge on any atom is 0.257 e. The summed E-state index contributed by atoms with van der Waals surface area (Å²) in [6.07, 6.45) is 1.82. The molecular formula is C21H21N3O3. The Morgan fingerprint density at radius 3 is 2.63 bits per heavy atom. The molecule has 1 aliphatic heterocycles. The molecular weight excluding hydrogens is 342 g/mol. The van der Waals surface area contributed by atoms with Crippen LogP contribution in [-0.2, 0) is 11.8 Å².